The lowest BCUT2D eigenvalue weighted by Gasteiger charge is -2.18. The van der Waals surface area contributed by atoms with Crippen molar-refractivity contribution in [2.75, 3.05) is 0 Å². The first-order valence-corrected chi connectivity index (χ1v) is 4.64. The molecular formula is C10H9ClF4. The zero-order valence-electron chi connectivity index (χ0n) is 8.12. The zero-order chi connectivity index (χ0) is 11.8. The van der Waals surface area contributed by atoms with Crippen LogP contribution >= 0.6 is 11.6 Å². The Labute approximate surface area is 89.9 Å². The topological polar surface area (TPSA) is 0 Å². The summed E-state index contributed by atoms with van der Waals surface area (Å²) < 4.78 is 50.0. The summed E-state index contributed by atoms with van der Waals surface area (Å²) in [6, 6.07) is 2.09. The molecule has 0 aromatic heterocycles. The van der Waals surface area contributed by atoms with Crippen molar-refractivity contribution in [1.29, 1.82) is 0 Å². The number of alkyl halides is 4. The molecule has 0 aliphatic heterocycles. The molecule has 1 aromatic carbocycles. The summed E-state index contributed by atoms with van der Waals surface area (Å²) in [6.45, 7) is 2.82. The molecule has 0 N–H and O–H groups in total. The van der Waals surface area contributed by atoms with Gasteiger partial charge < -0.3 is 0 Å². The molecule has 0 fully saturated rings. The zero-order valence-corrected chi connectivity index (χ0v) is 8.88. The minimum absolute atomic E-state index is 0.0643. The maximum absolute atomic E-state index is 12.8. The average Bonchev–Trinajstić information content (AvgIpc) is 1.99. The summed E-state index contributed by atoms with van der Waals surface area (Å²) in [6.07, 6.45) is -4.52. The predicted molar refractivity (Wildman–Crippen MR) is 50.5 cm³/mol. The van der Waals surface area contributed by atoms with Gasteiger partial charge in [-0.1, -0.05) is 0 Å². The van der Waals surface area contributed by atoms with Crippen LogP contribution in [0.4, 0.5) is 17.6 Å². The standard InChI is InChI=1S/C10H9ClF4/c1-5-3-7(12)4-6(2)8(5)9(11)10(13,14)15/h3-4,9H,1-2H3. The van der Waals surface area contributed by atoms with Gasteiger partial charge in [-0.15, -0.1) is 11.6 Å². The van der Waals surface area contributed by atoms with Crippen LogP contribution in [0.1, 0.15) is 22.1 Å². The van der Waals surface area contributed by atoms with Crippen LogP contribution in [0.5, 0.6) is 0 Å². The average molecular weight is 241 g/mol. The van der Waals surface area contributed by atoms with Crippen molar-refractivity contribution in [2.24, 2.45) is 0 Å². The second kappa shape index (κ2) is 4.00. The molecule has 0 bridgehead atoms. The van der Waals surface area contributed by atoms with Gasteiger partial charge in [-0.05, 0) is 42.7 Å². The van der Waals surface area contributed by atoms with Gasteiger partial charge in [-0.2, -0.15) is 13.2 Å². The first-order chi connectivity index (χ1) is 6.73. The second-order valence-corrected chi connectivity index (χ2v) is 3.79. The number of hydrogen-bond acceptors (Lipinski definition) is 0. The Morgan fingerprint density at radius 2 is 1.53 bits per heavy atom. The highest BCUT2D eigenvalue weighted by Crippen LogP contribution is 2.40. The third kappa shape index (κ3) is 2.62. The fourth-order valence-corrected chi connectivity index (χ4v) is 1.83. The summed E-state index contributed by atoms with van der Waals surface area (Å²) in [5.41, 5.74) is 0.361. The first kappa shape index (κ1) is 12.3. The summed E-state index contributed by atoms with van der Waals surface area (Å²) >= 11 is 5.30. The molecular weight excluding hydrogens is 232 g/mol. The molecule has 0 spiro atoms. The molecule has 1 aromatic rings. The fraction of sp³-hybridized carbons (Fsp3) is 0.400. The van der Waals surface area contributed by atoms with Gasteiger partial charge >= 0.3 is 6.18 Å². The quantitative estimate of drug-likeness (QED) is 0.508. The molecule has 0 amide bonds. The Hall–Kier alpha value is -0.770. The minimum atomic E-state index is -4.52. The van der Waals surface area contributed by atoms with Crippen LogP contribution in [0.15, 0.2) is 12.1 Å². The number of aryl methyl sites for hydroxylation is 2. The number of benzene rings is 1. The van der Waals surface area contributed by atoms with E-state index in [4.69, 9.17) is 11.6 Å². The van der Waals surface area contributed by atoms with E-state index in [1.54, 1.807) is 0 Å². The summed E-state index contributed by atoms with van der Waals surface area (Å²) in [5, 5.41) is -2.09. The van der Waals surface area contributed by atoms with Crippen molar-refractivity contribution in [2.45, 2.75) is 25.4 Å². The van der Waals surface area contributed by atoms with Crippen molar-refractivity contribution >= 4 is 11.6 Å². The van der Waals surface area contributed by atoms with Crippen LogP contribution in [-0.4, -0.2) is 6.18 Å². The third-order valence-electron chi connectivity index (χ3n) is 2.10. The number of hydrogen-bond donors (Lipinski definition) is 0. The molecule has 15 heavy (non-hydrogen) atoms. The van der Waals surface area contributed by atoms with E-state index in [0.29, 0.717) is 0 Å². The molecule has 0 radical (unpaired) electrons. The monoisotopic (exact) mass is 240 g/mol. The maximum atomic E-state index is 12.8. The molecule has 0 saturated heterocycles. The first-order valence-electron chi connectivity index (χ1n) is 4.21. The van der Waals surface area contributed by atoms with Crippen molar-refractivity contribution in [3.8, 4) is 0 Å². The highest BCUT2D eigenvalue weighted by atomic mass is 35.5. The van der Waals surface area contributed by atoms with Gasteiger partial charge in [0.15, 0.2) is 5.38 Å². The Morgan fingerprint density at radius 1 is 1.13 bits per heavy atom. The Kier molecular flexibility index (Phi) is 3.28. The molecule has 1 unspecified atom stereocenters. The van der Waals surface area contributed by atoms with E-state index in [0.717, 1.165) is 12.1 Å². The molecule has 84 valence electrons. The number of rotatable bonds is 1. The van der Waals surface area contributed by atoms with Crippen LogP contribution in [-0.2, 0) is 0 Å². The van der Waals surface area contributed by atoms with Crippen LogP contribution in [0.25, 0.3) is 0 Å². The molecule has 0 saturated carbocycles. The Morgan fingerprint density at radius 3 is 1.87 bits per heavy atom. The molecule has 0 heterocycles. The van der Waals surface area contributed by atoms with Crippen LogP contribution < -0.4 is 0 Å². The van der Waals surface area contributed by atoms with E-state index in [2.05, 4.69) is 0 Å². The van der Waals surface area contributed by atoms with Crippen molar-refractivity contribution < 1.29 is 17.6 Å². The van der Waals surface area contributed by atoms with Gasteiger partial charge in [0.05, 0.1) is 0 Å². The van der Waals surface area contributed by atoms with Gasteiger partial charge in [0.2, 0.25) is 0 Å². The lowest BCUT2D eigenvalue weighted by Crippen LogP contribution is -2.17. The molecule has 0 nitrogen and oxygen atoms in total. The predicted octanol–water partition coefficient (Wildman–Crippen LogP) is 4.28. The summed E-state index contributed by atoms with van der Waals surface area (Å²) in [5.74, 6) is -0.556. The van der Waals surface area contributed by atoms with Crippen molar-refractivity contribution in [1.82, 2.24) is 0 Å². The largest absolute Gasteiger partial charge is 0.408 e. The minimum Gasteiger partial charge on any atom is -0.207 e. The van der Waals surface area contributed by atoms with Crippen LogP contribution in [0.3, 0.4) is 0 Å². The smallest absolute Gasteiger partial charge is 0.207 e. The van der Waals surface area contributed by atoms with Crippen molar-refractivity contribution in [3.05, 3.63) is 34.6 Å². The van der Waals surface area contributed by atoms with Gasteiger partial charge in [0, 0.05) is 0 Å². The molecule has 5 heteroatoms. The lowest BCUT2D eigenvalue weighted by molar-refractivity contribution is -0.131. The van der Waals surface area contributed by atoms with E-state index >= 15 is 0 Å². The van der Waals surface area contributed by atoms with Crippen LogP contribution in [0.2, 0.25) is 0 Å². The highest BCUT2D eigenvalue weighted by Gasteiger charge is 2.40. The molecule has 0 aliphatic carbocycles. The van der Waals surface area contributed by atoms with Gasteiger partial charge in [-0.25, -0.2) is 4.39 Å². The van der Waals surface area contributed by atoms with E-state index in [1.807, 2.05) is 0 Å². The fourth-order valence-electron chi connectivity index (χ4n) is 1.49. The lowest BCUT2D eigenvalue weighted by atomic mass is 9.99. The molecule has 1 atom stereocenters. The summed E-state index contributed by atoms with van der Waals surface area (Å²) in [4.78, 5) is 0. The van der Waals surface area contributed by atoms with Crippen LogP contribution in [0, 0.1) is 19.7 Å². The second-order valence-electron chi connectivity index (χ2n) is 3.36. The Balaban J connectivity index is 3.26. The number of halogens is 5. The van der Waals surface area contributed by atoms with E-state index < -0.39 is 17.4 Å². The van der Waals surface area contributed by atoms with E-state index in [1.165, 1.54) is 13.8 Å². The molecule has 0 aliphatic rings. The third-order valence-corrected chi connectivity index (χ3v) is 2.56. The van der Waals surface area contributed by atoms with Crippen molar-refractivity contribution in [3.63, 3.8) is 0 Å². The maximum Gasteiger partial charge on any atom is 0.408 e. The SMILES string of the molecule is Cc1cc(F)cc(C)c1C(Cl)C(F)(F)F. The van der Waals surface area contributed by atoms with E-state index in [9.17, 15) is 17.6 Å². The Bertz CT molecular complexity index is 347. The molecule has 1 rings (SSSR count). The van der Waals surface area contributed by atoms with Gasteiger partial charge in [0.25, 0.3) is 0 Å². The summed E-state index contributed by atoms with van der Waals surface area (Å²) in [7, 11) is 0. The normalized spacial score (nSPS) is 14.1. The van der Waals surface area contributed by atoms with Gasteiger partial charge in [-0.3, -0.25) is 0 Å². The van der Waals surface area contributed by atoms with E-state index in [-0.39, 0.29) is 16.7 Å². The highest BCUT2D eigenvalue weighted by molar-refractivity contribution is 6.21. The van der Waals surface area contributed by atoms with Gasteiger partial charge in [0.1, 0.15) is 5.82 Å².